The van der Waals surface area contributed by atoms with Crippen LogP contribution in [-0.4, -0.2) is 26.1 Å². The molecule has 20 heavy (non-hydrogen) atoms. The molecule has 3 aromatic rings. The Kier molecular flexibility index (Phi) is 3.02. The fraction of sp³-hybridized carbons (Fsp3) is 0.0714. The number of benzene rings is 2. The fourth-order valence-corrected chi connectivity index (χ4v) is 2.67. The molecule has 0 aliphatic heterocycles. The standard InChI is InChI=1S/C14H10BrN3O2/c1-8-2-5-12(10(15)6-8)18-13-7-9(14(19)20)3-4-11(13)16-17-18/h2-7H,1H3,(H,19,20). The maximum atomic E-state index is 11.1. The molecule has 2 aromatic carbocycles. The molecule has 0 unspecified atom stereocenters. The van der Waals surface area contributed by atoms with Crippen LogP contribution in [0.3, 0.4) is 0 Å². The number of carboxylic acid groups (broad SMARTS) is 1. The Labute approximate surface area is 123 Å². The van der Waals surface area contributed by atoms with Crippen LogP contribution in [0.1, 0.15) is 15.9 Å². The third-order valence-corrected chi connectivity index (χ3v) is 3.66. The molecule has 0 atom stereocenters. The zero-order chi connectivity index (χ0) is 14.3. The maximum Gasteiger partial charge on any atom is 0.335 e. The van der Waals surface area contributed by atoms with Crippen molar-refractivity contribution in [2.45, 2.75) is 6.92 Å². The van der Waals surface area contributed by atoms with E-state index in [4.69, 9.17) is 5.11 Å². The number of aromatic carboxylic acids is 1. The zero-order valence-electron chi connectivity index (χ0n) is 10.5. The van der Waals surface area contributed by atoms with Crippen molar-refractivity contribution >= 4 is 32.9 Å². The Morgan fingerprint density at radius 1 is 1.25 bits per heavy atom. The van der Waals surface area contributed by atoms with Gasteiger partial charge in [-0.15, -0.1) is 5.10 Å². The van der Waals surface area contributed by atoms with Crippen molar-refractivity contribution < 1.29 is 9.90 Å². The van der Waals surface area contributed by atoms with Gasteiger partial charge in [0.05, 0.1) is 16.8 Å². The zero-order valence-corrected chi connectivity index (χ0v) is 12.1. The summed E-state index contributed by atoms with van der Waals surface area (Å²) < 4.78 is 2.51. The summed E-state index contributed by atoms with van der Waals surface area (Å²) >= 11 is 3.50. The van der Waals surface area contributed by atoms with E-state index in [1.54, 1.807) is 16.8 Å². The lowest BCUT2D eigenvalue weighted by molar-refractivity contribution is 0.0697. The molecule has 1 N–H and O–H groups in total. The van der Waals surface area contributed by atoms with E-state index in [0.717, 1.165) is 15.7 Å². The Bertz CT molecular complexity index is 826. The molecule has 0 fully saturated rings. The summed E-state index contributed by atoms with van der Waals surface area (Å²) in [5.41, 5.74) is 3.47. The molecule has 0 aliphatic carbocycles. The van der Waals surface area contributed by atoms with Gasteiger partial charge in [0.2, 0.25) is 0 Å². The van der Waals surface area contributed by atoms with Crippen LogP contribution in [0.25, 0.3) is 16.7 Å². The van der Waals surface area contributed by atoms with E-state index in [1.165, 1.54) is 6.07 Å². The smallest absolute Gasteiger partial charge is 0.335 e. The van der Waals surface area contributed by atoms with Gasteiger partial charge in [-0.05, 0) is 58.7 Å². The van der Waals surface area contributed by atoms with Gasteiger partial charge in [0.25, 0.3) is 0 Å². The van der Waals surface area contributed by atoms with Crippen molar-refractivity contribution in [3.05, 3.63) is 52.0 Å². The van der Waals surface area contributed by atoms with Crippen LogP contribution in [0.15, 0.2) is 40.9 Å². The topological polar surface area (TPSA) is 68.0 Å². The monoisotopic (exact) mass is 331 g/mol. The second-order valence-corrected chi connectivity index (χ2v) is 5.32. The van der Waals surface area contributed by atoms with Gasteiger partial charge in [-0.1, -0.05) is 11.3 Å². The molecule has 5 nitrogen and oxygen atoms in total. The van der Waals surface area contributed by atoms with Crippen molar-refractivity contribution in [3.63, 3.8) is 0 Å². The first-order chi connectivity index (χ1) is 9.56. The number of aromatic nitrogens is 3. The summed E-state index contributed by atoms with van der Waals surface area (Å²) in [6, 6.07) is 10.6. The minimum absolute atomic E-state index is 0.212. The van der Waals surface area contributed by atoms with Gasteiger partial charge in [0.15, 0.2) is 0 Å². The predicted molar refractivity (Wildman–Crippen MR) is 78.3 cm³/mol. The molecule has 3 rings (SSSR count). The van der Waals surface area contributed by atoms with Crippen LogP contribution in [0, 0.1) is 6.92 Å². The summed E-state index contributed by atoms with van der Waals surface area (Å²) in [6.45, 7) is 2.00. The largest absolute Gasteiger partial charge is 0.478 e. The maximum absolute atomic E-state index is 11.1. The Hall–Kier alpha value is -2.21. The summed E-state index contributed by atoms with van der Waals surface area (Å²) in [6.07, 6.45) is 0. The summed E-state index contributed by atoms with van der Waals surface area (Å²) in [4.78, 5) is 11.1. The van der Waals surface area contributed by atoms with Crippen LogP contribution in [0.5, 0.6) is 0 Å². The number of carbonyl (C=O) groups is 1. The first kappa shape index (κ1) is 12.8. The average molecular weight is 332 g/mol. The molecule has 1 heterocycles. The minimum Gasteiger partial charge on any atom is -0.478 e. The number of hydrogen-bond acceptors (Lipinski definition) is 3. The molecule has 0 saturated carbocycles. The van der Waals surface area contributed by atoms with Crippen molar-refractivity contribution in [1.29, 1.82) is 0 Å². The lowest BCUT2D eigenvalue weighted by Gasteiger charge is -2.06. The quantitative estimate of drug-likeness (QED) is 0.783. The number of halogens is 1. The molecule has 6 heteroatoms. The first-order valence-corrected chi connectivity index (χ1v) is 6.71. The predicted octanol–water partition coefficient (Wildman–Crippen LogP) is 3.19. The molecular weight excluding hydrogens is 322 g/mol. The number of aryl methyl sites for hydroxylation is 1. The molecular formula is C14H10BrN3O2. The summed E-state index contributed by atoms with van der Waals surface area (Å²) in [5.74, 6) is -0.970. The van der Waals surface area contributed by atoms with E-state index >= 15 is 0 Å². The fourth-order valence-electron chi connectivity index (χ4n) is 2.01. The molecule has 0 radical (unpaired) electrons. The average Bonchev–Trinajstić information content (AvgIpc) is 2.81. The first-order valence-electron chi connectivity index (χ1n) is 5.91. The highest BCUT2D eigenvalue weighted by Gasteiger charge is 2.12. The van der Waals surface area contributed by atoms with Crippen LogP contribution < -0.4 is 0 Å². The highest BCUT2D eigenvalue weighted by Crippen LogP contribution is 2.25. The van der Waals surface area contributed by atoms with Crippen LogP contribution in [0.2, 0.25) is 0 Å². The Morgan fingerprint density at radius 2 is 2.05 bits per heavy atom. The van der Waals surface area contributed by atoms with Gasteiger partial charge in [0, 0.05) is 4.47 Å². The van der Waals surface area contributed by atoms with Crippen molar-refractivity contribution in [2.75, 3.05) is 0 Å². The summed E-state index contributed by atoms with van der Waals surface area (Å²) in [5, 5.41) is 17.2. The molecule has 1 aromatic heterocycles. The number of hydrogen-bond donors (Lipinski definition) is 1. The van der Waals surface area contributed by atoms with Gasteiger partial charge in [0.1, 0.15) is 5.52 Å². The lowest BCUT2D eigenvalue weighted by Crippen LogP contribution is -2.00. The van der Waals surface area contributed by atoms with Gasteiger partial charge < -0.3 is 5.11 Å². The molecule has 0 saturated heterocycles. The van der Waals surface area contributed by atoms with Gasteiger partial charge in [-0.3, -0.25) is 0 Å². The second-order valence-electron chi connectivity index (χ2n) is 4.46. The van der Waals surface area contributed by atoms with E-state index in [0.29, 0.717) is 11.0 Å². The van der Waals surface area contributed by atoms with Gasteiger partial charge >= 0.3 is 5.97 Å². The van der Waals surface area contributed by atoms with Crippen molar-refractivity contribution in [1.82, 2.24) is 15.0 Å². The third kappa shape index (κ3) is 2.08. The molecule has 0 bridgehead atoms. The summed E-state index contributed by atoms with van der Waals surface area (Å²) in [7, 11) is 0. The minimum atomic E-state index is -0.970. The van der Waals surface area contributed by atoms with Crippen molar-refractivity contribution in [2.24, 2.45) is 0 Å². The van der Waals surface area contributed by atoms with Crippen molar-refractivity contribution in [3.8, 4) is 5.69 Å². The highest BCUT2D eigenvalue weighted by atomic mass is 79.9. The lowest BCUT2D eigenvalue weighted by atomic mass is 10.2. The third-order valence-electron chi connectivity index (χ3n) is 3.02. The number of carboxylic acids is 1. The van der Waals surface area contributed by atoms with E-state index in [9.17, 15) is 4.79 Å². The van der Waals surface area contributed by atoms with E-state index in [-0.39, 0.29) is 5.56 Å². The molecule has 0 amide bonds. The molecule has 100 valence electrons. The number of fused-ring (bicyclic) bond motifs is 1. The second kappa shape index (κ2) is 4.72. The normalized spacial score (nSPS) is 10.9. The Morgan fingerprint density at radius 3 is 2.75 bits per heavy atom. The highest BCUT2D eigenvalue weighted by molar-refractivity contribution is 9.10. The van der Waals surface area contributed by atoms with E-state index in [2.05, 4.69) is 26.2 Å². The van der Waals surface area contributed by atoms with Crippen LogP contribution in [0.4, 0.5) is 0 Å². The molecule has 0 spiro atoms. The molecule has 0 aliphatic rings. The van der Waals surface area contributed by atoms with Crippen LogP contribution in [-0.2, 0) is 0 Å². The van der Waals surface area contributed by atoms with Crippen LogP contribution >= 0.6 is 15.9 Å². The Balaban J connectivity index is 2.25. The van der Waals surface area contributed by atoms with E-state index in [1.807, 2.05) is 25.1 Å². The van der Waals surface area contributed by atoms with Gasteiger partial charge in [-0.2, -0.15) is 0 Å². The van der Waals surface area contributed by atoms with Gasteiger partial charge in [-0.25, -0.2) is 9.48 Å². The SMILES string of the molecule is Cc1ccc(-n2nnc3ccc(C(=O)O)cc32)c(Br)c1. The number of rotatable bonds is 2. The van der Waals surface area contributed by atoms with E-state index < -0.39 is 5.97 Å². The number of nitrogens with zero attached hydrogens (tertiary/aromatic N) is 3.